The van der Waals surface area contributed by atoms with Gasteiger partial charge in [0.2, 0.25) is 11.6 Å². The van der Waals surface area contributed by atoms with Crippen LogP contribution in [0.4, 0.5) is 5.69 Å². The number of hydrogen-bond acceptors (Lipinski definition) is 5. The molecule has 3 heterocycles. The predicted octanol–water partition coefficient (Wildman–Crippen LogP) is 3.14. The van der Waals surface area contributed by atoms with Gasteiger partial charge in [-0.3, -0.25) is 4.98 Å². The molecule has 2 N–H and O–H groups in total. The number of nitrogen functional groups attached to an aromatic ring is 1. The summed E-state index contributed by atoms with van der Waals surface area (Å²) in [5.41, 5.74) is 11.3. The van der Waals surface area contributed by atoms with Gasteiger partial charge in [0.05, 0.1) is 11.3 Å². The topological polar surface area (TPSA) is 77.8 Å². The van der Waals surface area contributed by atoms with E-state index < -0.39 is 0 Å². The van der Waals surface area contributed by atoms with Gasteiger partial charge in [-0.2, -0.15) is 0 Å². The molecule has 4 rings (SSSR count). The molecule has 3 aromatic rings. The van der Waals surface area contributed by atoms with Crippen molar-refractivity contribution in [1.82, 2.24) is 15.0 Å². The Hall–Kier alpha value is -2.43. The summed E-state index contributed by atoms with van der Waals surface area (Å²) in [7, 11) is 0. The van der Waals surface area contributed by atoms with Crippen molar-refractivity contribution < 1.29 is 4.42 Å². The van der Waals surface area contributed by atoms with Gasteiger partial charge in [0, 0.05) is 18.1 Å². The highest BCUT2D eigenvalue weighted by atomic mass is 16.4. The van der Waals surface area contributed by atoms with Crippen molar-refractivity contribution in [2.75, 3.05) is 5.73 Å². The second-order valence-corrected chi connectivity index (χ2v) is 5.43. The van der Waals surface area contributed by atoms with E-state index in [-0.39, 0.29) is 0 Å². The molecule has 0 unspecified atom stereocenters. The van der Waals surface area contributed by atoms with Crippen LogP contribution in [-0.4, -0.2) is 15.0 Å². The number of aryl methyl sites for hydroxylation is 1. The van der Waals surface area contributed by atoms with Crippen LogP contribution in [0.2, 0.25) is 0 Å². The van der Waals surface area contributed by atoms with Gasteiger partial charge >= 0.3 is 0 Å². The van der Waals surface area contributed by atoms with Crippen molar-refractivity contribution >= 4 is 16.9 Å². The zero-order valence-electron chi connectivity index (χ0n) is 11.7. The maximum atomic E-state index is 6.32. The summed E-state index contributed by atoms with van der Waals surface area (Å²) < 4.78 is 5.80. The number of fused-ring (bicyclic) bond motifs is 2. The molecule has 1 aliphatic carbocycles. The molecule has 3 aromatic heterocycles. The largest absolute Gasteiger partial charge is 0.418 e. The van der Waals surface area contributed by atoms with E-state index in [1.807, 2.05) is 12.1 Å². The van der Waals surface area contributed by atoms with E-state index in [0.29, 0.717) is 17.1 Å². The number of anilines is 1. The Morgan fingerprint density at radius 3 is 2.86 bits per heavy atom. The van der Waals surface area contributed by atoms with E-state index in [2.05, 4.69) is 15.0 Å². The first-order chi connectivity index (χ1) is 10.3. The monoisotopic (exact) mass is 280 g/mol. The first kappa shape index (κ1) is 12.3. The number of aromatic nitrogens is 3. The van der Waals surface area contributed by atoms with Gasteiger partial charge in [0.1, 0.15) is 0 Å². The minimum Gasteiger partial charge on any atom is -0.418 e. The van der Waals surface area contributed by atoms with E-state index >= 15 is 0 Å². The van der Waals surface area contributed by atoms with Crippen LogP contribution in [0.25, 0.3) is 22.7 Å². The molecule has 21 heavy (non-hydrogen) atoms. The minimum absolute atomic E-state index is 0.525. The molecule has 5 nitrogen and oxygen atoms in total. The fourth-order valence-electron chi connectivity index (χ4n) is 2.92. The van der Waals surface area contributed by atoms with Crippen LogP contribution in [0, 0.1) is 0 Å². The smallest absolute Gasteiger partial charge is 0.249 e. The molecule has 5 heteroatoms. The predicted molar refractivity (Wildman–Crippen MR) is 80.7 cm³/mol. The number of nitrogens with zero attached hydrogens (tertiary/aromatic N) is 3. The maximum Gasteiger partial charge on any atom is 0.249 e. The van der Waals surface area contributed by atoms with Gasteiger partial charge < -0.3 is 10.2 Å². The van der Waals surface area contributed by atoms with Gasteiger partial charge in [-0.05, 0) is 43.4 Å². The lowest BCUT2D eigenvalue weighted by Gasteiger charge is -2.07. The van der Waals surface area contributed by atoms with Crippen LogP contribution in [-0.2, 0) is 12.8 Å². The quantitative estimate of drug-likeness (QED) is 0.693. The summed E-state index contributed by atoms with van der Waals surface area (Å²) in [5, 5.41) is 0. The average Bonchev–Trinajstić information content (AvgIpc) is 2.80. The third-order valence-electron chi connectivity index (χ3n) is 4.02. The van der Waals surface area contributed by atoms with E-state index in [9.17, 15) is 0 Å². The molecule has 0 atom stereocenters. The lowest BCUT2D eigenvalue weighted by atomic mass is 10.1. The highest BCUT2D eigenvalue weighted by Gasteiger charge is 2.19. The van der Waals surface area contributed by atoms with Gasteiger partial charge in [-0.1, -0.05) is 6.42 Å². The lowest BCUT2D eigenvalue weighted by Crippen LogP contribution is -2.02. The summed E-state index contributed by atoms with van der Waals surface area (Å²) in [4.78, 5) is 13.3. The number of nitrogens with two attached hydrogens (primary N) is 1. The van der Waals surface area contributed by atoms with Crippen molar-refractivity contribution in [3.05, 3.63) is 35.8 Å². The molecule has 0 amide bonds. The van der Waals surface area contributed by atoms with Crippen molar-refractivity contribution in [2.45, 2.75) is 32.1 Å². The highest BCUT2D eigenvalue weighted by Crippen LogP contribution is 2.32. The maximum absolute atomic E-state index is 6.32. The third kappa shape index (κ3) is 2.05. The second kappa shape index (κ2) is 4.84. The zero-order valence-corrected chi connectivity index (χ0v) is 11.7. The minimum atomic E-state index is 0.525. The average molecular weight is 280 g/mol. The van der Waals surface area contributed by atoms with Gasteiger partial charge in [-0.25, -0.2) is 9.97 Å². The fraction of sp³-hybridized carbons (Fsp3) is 0.312. The Morgan fingerprint density at radius 1 is 1.10 bits per heavy atom. The summed E-state index contributed by atoms with van der Waals surface area (Å²) >= 11 is 0. The van der Waals surface area contributed by atoms with Gasteiger partial charge in [-0.15, -0.1) is 0 Å². The summed E-state index contributed by atoms with van der Waals surface area (Å²) in [6.45, 7) is 0. The van der Waals surface area contributed by atoms with E-state index in [0.717, 1.165) is 48.2 Å². The van der Waals surface area contributed by atoms with Crippen LogP contribution in [0.3, 0.4) is 0 Å². The van der Waals surface area contributed by atoms with Crippen molar-refractivity contribution in [3.8, 4) is 11.5 Å². The molecule has 0 radical (unpaired) electrons. The normalized spacial score (nSPS) is 14.9. The van der Waals surface area contributed by atoms with Gasteiger partial charge in [0.15, 0.2) is 5.52 Å². The van der Waals surface area contributed by atoms with E-state index in [4.69, 9.17) is 10.2 Å². The van der Waals surface area contributed by atoms with Crippen LogP contribution in [0.15, 0.2) is 28.9 Å². The lowest BCUT2D eigenvalue weighted by molar-refractivity contribution is 0.604. The number of hydrogen-bond donors (Lipinski definition) is 1. The molecule has 0 aliphatic heterocycles. The molecule has 106 valence electrons. The number of pyridine rings is 2. The van der Waals surface area contributed by atoms with Crippen LogP contribution in [0.5, 0.6) is 0 Å². The summed E-state index contributed by atoms with van der Waals surface area (Å²) in [6, 6.07) is 3.77. The molecular formula is C16H16N4O. The SMILES string of the molecule is Nc1c2c(nc3oc(-c4cccnc4)nc13)CCCCC2. The Morgan fingerprint density at radius 2 is 2.00 bits per heavy atom. The molecule has 0 saturated heterocycles. The summed E-state index contributed by atoms with van der Waals surface area (Å²) in [5.74, 6) is 0.525. The Balaban J connectivity index is 1.90. The Bertz CT molecular complexity index is 795. The number of oxazole rings is 1. The first-order valence-corrected chi connectivity index (χ1v) is 7.31. The van der Waals surface area contributed by atoms with Crippen LogP contribution in [0.1, 0.15) is 30.5 Å². The zero-order chi connectivity index (χ0) is 14.2. The molecule has 0 bridgehead atoms. The summed E-state index contributed by atoms with van der Waals surface area (Å²) in [6.07, 6.45) is 8.96. The second-order valence-electron chi connectivity index (χ2n) is 5.43. The van der Waals surface area contributed by atoms with Crippen molar-refractivity contribution in [2.24, 2.45) is 0 Å². The molecule has 0 fully saturated rings. The van der Waals surface area contributed by atoms with E-state index in [1.165, 1.54) is 6.42 Å². The molecule has 0 aromatic carbocycles. The van der Waals surface area contributed by atoms with E-state index in [1.54, 1.807) is 12.4 Å². The standard InChI is InChI=1S/C16H16N4O/c17-13-11-6-2-1-3-7-12(11)19-16-14(13)20-15(21-16)10-5-4-8-18-9-10/h4-5,8-9H,1-3,6-7H2,(H2,17,19). The molecule has 0 saturated carbocycles. The van der Waals surface area contributed by atoms with Crippen LogP contribution >= 0.6 is 0 Å². The Labute approximate surface area is 122 Å². The highest BCUT2D eigenvalue weighted by molar-refractivity contribution is 5.87. The molecular weight excluding hydrogens is 264 g/mol. The fourth-order valence-corrected chi connectivity index (χ4v) is 2.92. The molecule has 0 spiro atoms. The van der Waals surface area contributed by atoms with Crippen molar-refractivity contribution in [3.63, 3.8) is 0 Å². The molecule has 1 aliphatic rings. The number of rotatable bonds is 1. The van der Waals surface area contributed by atoms with Gasteiger partial charge in [0.25, 0.3) is 0 Å². The first-order valence-electron chi connectivity index (χ1n) is 7.31. The van der Waals surface area contributed by atoms with Crippen molar-refractivity contribution in [1.29, 1.82) is 0 Å². The van der Waals surface area contributed by atoms with Crippen LogP contribution < -0.4 is 5.73 Å². The Kier molecular flexibility index (Phi) is 2.84. The third-order valence-corrected chi connectivity index (χ3v) is 4.02.